The number of ether oxygens (including phenoxy) is 2. The number of fused-ring (bicyclic) bond motifs is 1. The van der Waals surface area contributed by atoms with Gasteiger partial charge in [0.15, 0.2) is 0 Å². The zero-order valence-corrected chi connectivity index (χ0v) is 20.0. The van der Waals surface area contributed by atoms with Crippen molar-refractivity contribution in [1.82, 2.24) is 14.5 Å². The molecule has 4 rings (SSSR count). The monoisotopic (exact) mass is 487 g/mol. The molecular formula is C25H27F2N3O5. The zero-order valence-electron chi connectivity index (χ0n) is 20.0. The van der Waals surface area contributed by atoms with Crippen LogP contribution in [0.25, 0.3) is 22.4 Å². The molecule has 0 aliphatic carbocycles. The summed E-state index contributed by atoms with van der Waals surface area (Å²) in [5.74, 6) is -3.49. The number of hydrogen-bond donors (Lipinski definition) is 1. The fourth-order valence-corrected chi connectivity index (χ4v) is 4.05. The second kappa shape index (κ2) is 9.26. The van der Waals surface area contributed by atoms with E-state index in [1.54, 1.807) is 42.4 Å². The first-order chi connectivity index (χ1) is 16.4. The number of aryl methyl sites for hydroxylation is 1. The number of aromatic nitrogens is 2. The molecule has 0 radical (unpaired) electrons. The lowest BCUT2D eigenvalue weighted by Gasteiger charge is -2.34. The van der Waals surface area contributed by atoms with E-state index in [0.717, 1.165) is 17.7 Å². The molecule has 35 heavy (non-hydrogen) atoms. The van der Waals surface area contributed by atoms with Crippen LogP contribution < -0.4 is 0 Å². The zero-order chi connectivity index (χ0) is 25.5. The van der Waals surface area contributed by atoms with Gasteiger partial charge in [0, 0.05) is 6.54 Å². The van der Waals surface area contributed by atoms with E-state index in [1.807, 2.05) is 13.0 Å². The Hall–Kier alpha value is -3.53. The van der Waals surface area contributed by atoms with Gasteiger partial charge in [-0.25, -0.2) is 23.4 Å². The molecule has 3 aromatic rings. The lowest BCUT2D eigenvalue weighted by molar-refractivity contribution is -0.0468. The van der Waals surface area contributed by atoms with E-state index in [1.165, 1.54) is 0 Å². The van der Waals surface area contributed by atoms with Crippen molar-refractivity contribution in [3.05, 3.63) is 53.1 Å². The number of amides is 1. The highest BCUT2D eigenvalue weighted by Gasteiger charge is 2.30. The van der Waals surface area contributed by atoms with Crippen molar-refractivity contribution in [1.29, 1.82) is 0 Å². The Balaban J connectivity index is 1.72. The molecule has 1 aromatic heterocycles. The number of carboxylic acid groups (broad SMARTS) is 1. The molecule has 2 aromatic carbocycles. The molecule has 1 fully saturated rings. The molecule has 0 spiro atoms. The topological polar surface area (TPSA) is 93.9 Å². The van der Waals surface area contributed by atoms with Crippen molar-refractivity contribution in [2.75, 3.05) is 19.7 Å². The molecule has 1 N–H and O–H groups in total. The van der Waals surface area contributed by atoms with Crippen LogP contribution in [0.3, 0.4) is 0 Å². The maximum Gasteiger partial charge on any atom is 0.410 e. The van der Waals surface area contributed by atoms with Gasteiger partial charge in [0.2, 0.25) is 0 Å². The van der Waals surface area contributed by atoms with E-state index in [2.05, 4.69) is 4.98 Å². The molecule has 186 valence electrons. The molecule has 0 saturated carbocycles. The van der Waals surface area contributed by atoms with Gasteiger partial charge in [0.25, 0.3) is 0 Å². The number of nitrogens with zero attached hydrogens (tertiary/aromatic N) is 3. The Morgan fingerprint density at radius 3 is 2.51 bits per heavy atom. The molecule has 1 aliphatic heterocycles. The Labute approximate surface area is 201 Å². The van der Waals surface area contributed by atoms with Gasteiger partial charge in [-0.1, -0.05) is 6.07 Å². The lowest BCUT2D eigenvalue weighted by atomic mass is 10.1. The highest BCUT2D eigenvalue weighted by atomic mass is 19.1. The number of imidazole rings is 1. The van der Waals surface area contributed by atoms with E-state index in [9.17, 15) is 18.4 Å². The maximum absolute atomic E-state index is 15.0. The lowest BCUT2D eigenvalue weighted by Crippen LogP contribution is -2.48. The van der Waals surface area contributed by atoms with Gasteiger partial charge >= 0.3 is 12.1 Å². The molecule has 8 nitrogen and oxygen atoms in total. The summed E-state index contributed by atoms with van der Waals surface area (Å²) in [5, 5.41) is 9.14. The van der Waals surface area contributed by atoms with Crippen LogP contribution in [0.5, 0.6) is 0 Å². The average molecular weight is 488 g/mol. The number of aromatic carboxylic acids is 1. The number of hydrogen-bond acceptors (Lipinski definition) is 5. The van der Waals surface area contributed by atoms with Gasteiger partial charge in [-0.05, 0) is 57.5 Å². The maximum atomic E-state index is 15.0. The van der Waals surface area contributed by atoms with Gasteiger partial charge in [-0.2, -0.15) is 0 Å². The number of halogens is 2. The van der Waals surface area contributed by atoms with Gasteiger partial charge in [-0.3, -0.25) is 0 Å². The third kappa shape index (κ3) is 5.27. The first kappa shape index (κ1) is 24.6. The van der Waals surface area contributed by atoms with Crippen molar-refractivity contribution in [2.45, 2.75) is 45.9 Å². The van der Waals surface area contributed by atoms with E-state index in [4.69, 9.17) is 14.6 Å². The molecule has 1 saturated heterocycles. The molecule has 1 unspecified atom stereocenters. The molecule has 1 amide bonds. The molecule has 0 bridgehead atoms. The highest BCUT2D eigenvalue weighted by Crippen LogP contribution is 2.31. The van der Waals surface area contributed by atoms with E-state index in [0.29, 0.717) is 17.6 Å². The standard InChI is InChI=1S/C25H27F2N3O5/c1-14-5-6-20-19(9-14)28-22(21-17(26)10-15(23(31)32)11-18(21)27)30(20)13-16-12-29(7-8-34-16)24(33)35-25(2,3)4/h5-6,9-11,16H,7-8,12-13H2,1-4H3,(H,31,32). The fraction of sp³-hybridized carbons (Fsp3) is 0.400. The van der Waals surface area contributed by atoms with Crippen molar-refractivity contribution in [3.63, 3.8) is 0 Å². The van der Waals surface area contributed by atoms with E-state index >= 15 is 0 Å². The van der Waals surface area contributed by atoms with Crippen LogP contribution in [-0.4, -0.2) is 63.0 Å². The number of benzene rings is 2. The van der Waals surface area contributed by atoms with Crippen LogP contribution in [0.15, 0.2) is 30.3 Å². The minimum Gasteiger partial charge on any atom is -0.478 e. The highest BCUT2D eigenvalue weighted by molar-refractivity contribution is 5.89. The van der Waals surface area contributed by atoms with E-state index in [-0.39, 0.29) is 25.5 Å². The summed E-state index contributed by atoms with van der Waals surface area (Å²) in [6.45, 7) is 8.26. The number of carbonyl (C=O) groups is 2. The van der Waals surface area contributed by atoms with Crippen LogP contribution in [0.4, 0.5) is 13.6 Å². The van der Waals surface area contributed by atoms with Crippen molar-refractivity contribution < 1.29 is 33.0 Å². The van der Waals surface area contributed by atoms with Crippen molar-refractivity contribution in [3.8, 4) is 11.4 Å². The molecule has 2 heterocycles. The Bertz CT molecular complexity index is 1280. The van der Waals surface area contributed by atoms with E-state index < -0.39 is 46.5 Å². The molecular weight excluding hydrogens is 460 g/mol. The van der Waals surface area contributed by atoms with Crippen molar-refractivity contribution >= 4 is 23.1 Å². The minimum absolute atomic E-state index is 0.00975. The first-order valence-corrected chi connectivity index (χ1v) is 11.2. The normalized spacial score (nSPS) is 16.5. The van der Waals surface area contributed by atoms with Crippen LogP contribution in [0.2, 0.25) is 0 Å². The average Bonchev–Trinajstić information content (AvgIpc) is 3.09. The van der Waals surface area contributed by atoms with Crippen LogP contribution in [0.1, 0.15) is 36.7 Å². The quantitative estimate of drug-likeness (QED) is 0.577. The third-order valence-electron chi connectivity index (χ3n) is 5.59. The predicted molar refractivity (Wildman–Crippen MR) is 124 cm³/mol. The largest absolute Gasteiger partial charge is 0.478 e. The smallest absolute Gasteiger partial charge is 0.410 e. The summed E-state index contributed by atoms with van der Waals surface area (Å²) < 4.78 is 43.0. The van der Waals surface area contributed by atoms with Crippen LogP contribution in [0, 0.1) is 18.6 Å². The summed E-state index contributed by atoms with van der Waals surface area (Å²) in [6.07, 6.45) is -0.948. The summed E-state index contributed by atoms with van der Waals surface area (Å²) in [4.78, 5) is 29.8. The number of rotatable bonds is 4. The number of carbonyl (C=O) groups excluding carboxylic acids is 1. The summed E-state index contributed by atoms with van der Waals surface area (Å²) in [5.41, 5.74) is 0.509. The van der Waals surface area contributed by atoms with Gasteiger partial charge in [0.05, 0.1) is 48.0 Å². The fourth-order valence-electron chi connectivity index (χ4n) is 4.05. The first-order valence-electron chi connectivity index (χ1n) is 11.2. The molecule has 1 aliphatic rings. The Morgan fingerprint density at radius 2 is 1.89 bits per heavy atom. The summed E-state index contributed by atoms with van der Waals surface area (Å²) >= 11 is 0. The van der Waals surface area contributed by atoms with Gasteiger partial charge < -0.3 is 24.0 Å². The van der Waals surface area contributed by atoms with Gasteiger partial charge in [-0.15, -0.1) is 0 Å². The summed E-state index contributed by atoms with van der Waals surface area (Å²) in [6, 6.07) is 7.01. The second-order valence-electron chi connectivity index (χ2n) is 9.58. The Morgan fingerprint density at radius 1 is 1.20 bits per heavy atom. The second-order valence-corrected chi connectivity index (χ2v) is 9.58. The third-order valence-corrected chi connectivity index (χ3v) is 5.59. The summed E-state index contributed by atoms with van der Waals surface area (Å²) in [7, 11) is 0. The number of morpholine rings is 1. The van der Waals surface area contributed by atoms with Crippen molar-refractivity contribution in [2.24, 2.45) is 0 Å². The SMILES string of the molecule is Cc1ccc2c(c1)nc(-c1c(F)cc(C(=O)O)cc1F)n2CC1CN(C(=O)OC(C)(C)C)CCO1. The van der Waals surface area contributed by atoms with Crippen LogP contribution in [-0.2, 0) is 16.0 Å². The minimum atomic E-state index is -1.43. The van der Waals surface area contributed by atoms with Gasteiger partial charge in [0.1, 0.15) is 23.1 Å². The molecule has 10 heteroatoms. The van der Waals surface area contributed by atoms with Crippen LogP contribution >= 0.6 is 0 Å². The molecule has 1 atom stereocenters. The Kier molecular flexibility index (Phi) is 6.50. The predicted octanol–water partition coefficient (Wildman–Crippen LogP) is 4.62. The number of carboxylic acids is 1.